The first kappa shape index (κ1) is 16.4. The summed E-state index contributed by atoms with van der Waals surface area (Å²) in [6.07, 6.45) is 11.2. The first-order valence-corrected chi connectivity index (χ1v) is 9.21. The predicted octanol–water partition coefficient (Wildman–Crippen LogP) is 2.29. The molecule has 1 aromatic heterocycles. The van der Waals surface area contributed by atoms with E-state index in [2.05, 4.69) is 27.9 Å². The second-order valence-corrected chi connectivity index (χ2v) is 6.98. The van der Waals surface area contributed by atoms with Gasteiger partial charge in [-0.15, -0.1) is 5.10 Å². The van der Waals surface area contributed by atoms with Crippen LogP contribution in [0.4, 0.5) is 0 Å². The first-order chi connectivity index (χ1) is 11.3. The lowest BCUT2D eigenvalue weighted by Gasteiger charge is -2.22. The van der Waals surface area contributed by atoms with Gasteiger partial charge in [0.05, 0.1) is 12.2 Å². The van der Waals surface area contributed by atoms with Gasteiger partial charge in [-0.3, -0.25) is 4.79 Å². The van der Waals surface area contributed by atoms with Gasteiger partial charge in [0.1, 0.15) is 0 Å². The van der Waals surface area contributed by atoms with Crippen molar-refractivity contribution < 1.29 is 4.79 Å². The molecule has 23 heavy (non-hydrogen) atoms. The fourth-order valence-electron chi connectivity index (χ4n) is 3.91. The van der Waals surface area contributed by atoms with Gasteiger partial charge in [-0.2, -0.15) is 0 Å². The van der Waals surface area contributed by atoms with Crippen LogP contribution in [0.2, 0.25) is 0 Å². The van der Waals surface area contributed by atoms with Crippen molar-refractivity contribution >= 4 is 5.91 Å². The van der Waals surface area contributed by atoms with Crippen molar-refractivity contribution in [2.45, 2.75) is 70.4 Å². The van der Waals surface area contributed by atoms with Gasteiger partial charge in [0.25, 0.3) is 5.91 Å². The normalized spacial score (nSPS) is 25.6. The molecule has 1 aliphatic heterocycles. The lowest BCUT2D eigenvalue weighted by Crippen LogP contribution is -2.37. The highest BCUT2D eigenvalue weighted by atomic mass is 16.2. The molecule has 1 aromatic rings. The number of carbonyl (C=O) groups is 1. The summed E-state index contributed by atoms with van der Waals surface area (Å²) in [6.45, 7) is 4.24. The Morgan fingerprint density at radius 1 is 1.35 bits per heavy atom. The summed E-state index contributed by atoms with van der Waals surface area (Å²) in [5.74, 6) is 0.581. The van der Waals surface area contributed by atoms with E-state index in [1.54, 1.807) is 0 Å². The Hall–Kier alpha value is -1.43. The number of carbonyl (C=O) groups excluding carboxylic acids is 1. The van der Waals surface area contributed by atoms with Crippen LogP contribution >= 0.6 is 0 Å². The smallest absolute Gasteiger partial charge is 0.273 e. The molecule has 1 amide bonds. The quantitative estimate of drug-likeness (QED) is 0.844. The third-order valence-electron chi connectivity index (χ3n) is 5.33. The second kappa shape index (κ2) is 7.90. The average molecular weight is 319 g/mol. The van der Waals surface area contributed by atoms with Gasteiger partial charge < -0.3 is 10.6 Å². The monoisotopic (exact) mass is 319 g/mol. The fraction of sp³-hybridized carbons (Fsp3) is 0.824. The Bertz CT molecular complexity index is 509. The summed E-state index contributed by atoms with van der Waals surface area (Å²) in [6, 6.07) is 0.687. The Morgan fingerprint density at radius 3 is 2.96 bits per heavy atom. The molecule has 128 valence electrons. The molecule has 2 unspecified atom stereocenters. The maximum absolute atomic E-state index is 12.5. The van der Waals surface area contributed by atoms with Gasteiger partial charge >= 0.3 is 0 Å². The zero-order chi connectivity index (χ0) is 16.1. The minimum Gasteiger partial charge on any atom is -0.348 e. The number of unbranched alkanes of at least 4 members (excludes halogenated alkanes) is 1. The SMILES string of the molecule is CCCCC1CCCC1NC(=O)c1cn(C2CCNCC2)nn1. The Balaban J connectivity index is 1.56. The largest absolute Gasteiger partial charge is 0.348 e. The third-order valence-corrected chi connectivity index (χ3v) is 5.33. The summed E-state index contributed by atoms with van der Waals surface area (Å²) in [4.78, 5) is 12.5. The van der Waals surface area contributed by atoms with Crippen molar-refractivity contribution in [1.29, 1.82) is 0 Å². The molecule has 0 aromatic carbocycles. The van der Waals surface area contributed by atoms with E-state index in [1.807, 2.05) is 10.9 Å². The van der Waals surface area contributed by atoms with Gasteiger partial charge in [0.2, 0.25) is 0 Å². The van der Waals surface area contributed by atoms with Crippen molar-refractivity contribution in [2.24, 2.45) is 5.92 Å². The maximum atomic E-state index is 12.5. The van der Waals surface area contributed by atoms with E-state index >= 15 is 0 Å². The Morgan fingerprint density at radius 2 is 2.17 bits per heavy atom. The summed E-state index contributed by atoms with van der Waals surface area (Å²) in [5, 5.41) is 14.8. The Labute approximate surface area is 138 Å². The molecule has 6 nitrogen and oxygen atoms in total. The molecule has 2 fully saturated rings. The van der Waals surface area contributed by atoms with E-state index in [1.165, 1.54) is 32.1 Å². The van der Waals surface area contributed by atoms with Crippen LogP contribution in [0.25, 0.3) is 0 Å². The van der Waals surface area contributed by atoms with Crippen molar-refractivity contribution in [3.63, 3.8) is 0 Å². The molecule has 6 heteroatoms. The molecular formula is C17H29N5O. The van der Waals surface area contributed by atoms with Crippen molar-refractivity contribution in [3.8, 4) is 0 Å². The average Bonchev–Trinajstić information content (AvgIpc) is 3.23. The number of aromatic nitrogens is 3. The van der Waals surface area contributed by atoms with Crippen LogP contribution in [0.1, 0.15) is 74.8 Å². The van der Waals surface area contributed by atoms with E-state index in [4.69, 9.17) is 0 Å². The van der Waals surface area contributed by atoms with E-state index in [-0.39, 0.29) is 5.91 Å². The van der Waals surface area contributed by atoms with Gasteiger partial charge in [-0.05, 0) is 51.1 Å². The molecule has 1 saturated heterocycles. The molecule has 1 saturated carbocycles. The topological polar surface area (TPSA) is 71.8 Å². The number of hydrogen-bond acceptors (Lipinski definition) is 4. The molecule has 3 rings (SSSR count). The van der Waals surface area contributed by atoms with E-state index in [0.29, 0.717) is 23.7 Å². The van der Waals surface area contributed by atoms with E-state index in [9.17, 15) is 4.79 Å². The molecule has 1 aliphatic carbocycles. The van der Waals surface area contributed by atoms with Gasteiger partial charge in [-0.1, -0.05) is 31.4 Å². The van der Waals surface area contributed by atoms with E-state index < -0.39 is 0 Å². The van der Waals surface area contributed by atoms with Crippen molar-refractivity contribution in [3.05, 3.63) is 11.9 Å². The minimum absolute atomic E-state index is 0.0569. The number of nitrogens with one attached hydrogen (secondary N) is 2. The van der Waals surface area contributed by atoms with Crippen LogP contribution in [0.15, 0.2) is 6.20 Å². The standard InChI is InChI=1S/C17H29N5O/c1-2-3-5-13-6-4-7-15(13)19-17(23)16-12-22(21-20-16)14-8-10-18-11-9-14/h12-15,18H,2-11H2,1H3,(H,19,23). The number of piperidine rings is 1. The zero-order valence-electron chi connectivity index (χ0n) is 14.1. The number of rotatable bonds is 6. The van der Waals surface area contributed by atoms with E-state index in [0.717, 1.165) is 32.4 Å². The van der Waals surface area contributed by atoms with Crippen LogP contribution in [0, 0.1) is 5.92 Å². The van der Waals surface area contributed by atoms with Gasteiger partial charge in [-0.25, -0.2) is 4.68 Å². The highest BCUT2D eigenvalue weighted by molar-refractivity contribution is 5.92. The van der Waals surface area contributed by atoms with Crippen LogP contribution in [0.5, 0.6) is 0 Å². The summed E-state index contributed by atoms with van der Waals surface area (Å²) < 4.78 is 1.87. The summed E-state index contributed by atoms with van der Waals surface area (Å²) >= 11 is 0. The minimum atomic E-state index is -0.0569. The molecule has 0 radical (unpaired) electrons. The highest BCUT2D eigenvalue weighted by Crippen LogP contribution is 2.30. The van der Waals surface area contributed by atoms with Crippen LogP contribution < -0.4 is 10.6 Å². The molecule has 0 bridgehead atoms. The summed E-state index contributed by atoms with van der Waals surface area (Å²) in [7, 11) is 0. The lowest BCUT2D eigenvalue weighted by molar-refractivity contribution is 0.0921. The third kappa shape index (κ3) is 4.10. The van der Waals surface area contributed by atoms with Crippen molar-refractivity contribution in [1.82, 2.24) is 25.6 Å². The molecule has 2 aliphatic rings. The number of nitrogens with zero attached hydrogens (tertiary/aromatic N) is 3. The van der Waals surface area contributed by atoms with Gasteiger partial charge in [0.15, 0.2) is 5.69 Å². The summed E-state index contributed by atoms with van der Waals surface area (Å²) in [5.41, 5.74) is 0.463. The highest BCUT2D eigenvalue weighted by Gasteiger charge is 2.29. The van der Waals surface area contributed by atoms with Crippen LogP contribution in [-0.4, -0.2) is 40.0 Å². The molecule has 2 N–H and O–H groups in total. The fourth-order valence-corrected chi connectivity index (χ4v) is 3.91. The number of hydrogen-bond donors (Lipinski definition) is 2. The molecular weight excluding hydrogens is 290 g/mol. The second-order valence-electron chi connectivity index (χ2n) is 6.98. The molecule has 0 spiro atoms. The zero-order valence-corrected chi connectivity index (χ0v) is 14.1. The van der Waals surface area contributed by atoms with Crippen LogP contribution in [0.3, 0.4) is 0 Å². The Kier molecular flexibility index (Phi) is 5.65. The van der Waals surface area contributed by atoms with Gasteiger partial charge in [0, 0.05) is 6.04 Å². The maximum Gasteiger partial charge on any atom is 0.273 e. The lowest BCUT2D eigenvalue weighted by atomic mass is 9.97. The van der Waals surface area contributed by atoms with Crippen molar-refractivity contribution in [2.75, 3.05) is 13.1 Å². The number of amides is 1. The first-order valence-electron chi connectivity index (χ1n) is 9.21. The molecule has 2 atom stereocenters. The molecule has 2 heterocycles. The van der Waals surface area contributed by atoms with Crippen LogP contribution in [-0.2, 0) is 0 Å². The predicted molar refractivity (Wildman–Crippen MR) is 89.3 cm³/mol.